The molecule has 1 saturated heterocycles. The van der Waals surface area contributed by atoms with Gasteiger partial charge in [0.1, 0.15) is 5.82 Å². The van der Waals surface area contributed by atoms with Crippen LogP contribution < -0.4 is 5.56 Å². The van der Waals surface area contributed by atoms with E-state index in [4.69, 9.17) is 0 Å². The van der Waals surface area contributed by atoms with Crippen molar-refractivity contribution in [3.05, 3.63) is 27.4 Å². The lowest BCUT2D eigenvalue weighted by Crippen LogP contribution is -2.42. The second kappa shape index (κ2) is 7.48. The van der Waals surface area contributed by atoms with Crippen LogP contribution in [0.4, 0.5) is 0 Å². The Morgan fingerprint density at radius 3 is 2.73 bits per heavy atom. The number of sulfonamides is 1. The van der Waals surface area contributed by atoms with Crippen molar-refractivity contribution in [3.8, 4) is 0 Å². The molecule has 0 unspecified atom stereocenters. The van der Waals surface area contributed by atoms with Crippen LogP contribution in [0.25, 0.3) is 0 Å². The van der Waals surface area contributed by atoms with E-state index < -0.39 is 10.0 Å². The van der Waals surface area contributed by atoms with Gasteiger partial charge < -0.3 is 9.88 Å². The molecule has 2 aliphatic heterocycles. The highest BCUT2D eigenvalue weighted by molar-refractivity contribution is 7.89. The summed E-state index contributed by atoms with van der Waals surface area (Å²) >= 11 is 0. The molecule has 3 rings (SSSR count). The first-order chi connectivity index (χ1) is 12.4. The van der Waals surface area contributed by atoms with Gasteiger partial charge in [0.25, 0.3) is 5.56 Å². The lowest BCUT2D eigenvalue weighted by atomic mass is 10.00. The number of fused-ring (bicyclic) bond motifs is 1. The molecule has 0 radical (unpaired) electrons. The largest absolute Gasteiger partial charge is 0.333 e. The molecule has 1 aromatic heterocycles. The monoisotopic (exact) mass is 382 g/mol. The first kappa shape index (κ1) is 19.0. The van der Waals surface area contributed by atoms with E-state index in [1.807, 2.05) is 6.92 Å². The average molecular weight is 382 g/mol. The zero-order chi connectivity index (χ0) is 18.9. The topological polar surface area (TPSA) is 103 Å². The van der Waals surface area contributed by atoms with Crippen LogP contribution in [0.3, 0.4) is 0 Å². The van der Waals surface area contributed by atoms with Crippen molar-refractivity contribution in [3.63, 3.8) is 0 Å². The fraction of sp³-hybridized carbons (Fsp3) is 0.706. The highest BCUT2D eigenvalue weighted by atomic mass is 32.2. The summed E-state index contributed by atoms with van der Waals surface area (Å²) in [5, 5.41) is 0. The molecule has 0 saturated carbocycles. The SMILES string of the molecule is CCC(=O)N1CCCC[C@@H]1c1nc2c(c(=O)[nH]1)CCN(S(=O)(=O)CC)C2. The minimum Gasteiger partial charge on any atom is -0.333 e. The van der Waals surface area contributed by atoms with Gasteiger partial charge in [0.2, 0.25) is 15.9 Å². The van der Waals surface area contributed by atoms with Gasteiger partial charge in [0.15, 0.2) is 0 Å². The van der Waals surface area contributed by atoms with Crippen molar-refractivity contribution in [1.82, 2.24) is 19.2 Å². The Bertz CT molecular complexity index is 849. The van der Waals surface area contributed by atoms with Gasteiger partial charge in [-0.05, 0) is 32.6 Å². The van der Waals surface area contributed by atoms with E-state index in [1.165, 1.54) is 4.31 Å². The second-order valence-electron chi connectivity index (χ2n) is 6.81. The molecule has 0 bridgehead atoms. The quantitative estimate of drug-likeness (QED) is 0.835. The predicted molar refractivity (Wildman–Crippen MR) is 97.0 cm³/mol. The number of aromatic nitrogens is 2. The summed E-state index contributed by atoms with van der Waals surface area (Å²) in [6.07, 6.45) is 3.44. The smallest absolute Gasteiger partial charge is 0.254 e. The summed E-state index contributed by atoms with van der Waals surface area (Å²) in [6.45, 7) is 4.52. The molecule has 3 heterocycles. The summed E-state index contributed by atoms with van der Waals surface area (Å²) in [5.41, 5.74) is 0.856. The number of H-pyrrole nitrogens is 1. The van der Waals surface area contributed by atoms with E-state index in [0.717, 1.165) is 19.3 Å². The number of carbonyl (C=O) groups excluding carboxylic acids is 1. The van der Waals surface area contributed by atoms with Crippen LogP contribution in [0.1, 0.15) is 62.7 Å². The van der Waals surface area contributed by atoms with Crippen LogP contribution >= 0.6 is 0 Å². The maximum atomic E-state index is 12.5. The zero-order valence-corrected chi connectivity index (χ0v) is 16.1. The van der Waals surface area contributed by atoms with E-state index in [0.29, 0.717) is 43.0 Å². The van der Waals surface area contributed by atoms with Crippen LogP contribution in [-0.2, 0) is 27.8 Å². The molecular weight excluding hydrogens is 356 g/mol. The normalized spacial score (nSPS) is 21.5. The Morgan fingerprint density at radius 2 is 2.04 bits per heavy atom. The molecule has 26 heavy (non-hydrogen) atoms. The van der Waals surface area contributed by atoms with Crippen LogP contribution in [-0.4, -0.2) is 52.3 Å². The van der Waals surface area contributed by atoms with Crippen molar-refractivity contribution in [2.45, 2.75) is 58.5 Å². The molecule has 1 amide bonds. The van der Waals surface area contributed by atoms with Gasteiger partial charge in [0.05, 0.1) is 24.0 Å². The Labute approximate surface area is 153 Å². The average Bonchev–Trinajstić information content (AvgIpc) is 2.66. The predicted octanol–water partition coefficient (Wildman–Crippen LogP) is 0.941. The van der Waals surface area contributed by atoms with Crippen molar-refractivity contribution in [2.24, 2.45) is 0 Å². The molecule has 0 aromatic carbocycles. The summed E-state index contributed by atoms with van der Waals surface area (Å²) in [4.78, 5) is 34.0. The fourth-order valence-electron chi connectivity index (χ4n) is 3.73. The molecule has 0 aliphatic carbocycles. The van der Waals surface area contributed by atoms with Crippen molar-refractivity contribution in [2.75, 3.05) is 18.8 Å². The van der Waals surface area contributed by atoms with Crippen molar-refractivity contribution < 1.29 is 13.2 Å². The van der Waals surface area contributed by atoms with Gasteiger partial charge in [-0.3, -0.25) is 9.59 Å². The Morgan fingerprint density at radius 1 is 1.27 bits per heavy atom. The molecule has 1 atom stereocenters. The zero-order valence-electron chi connectivity index (χ0n) is 15.3. The summed E-state index contributed by atoms with van der Waals surface area (Å²) in [7, 11) is -3.33. The Hall–Kier alpha value is -1.74. The first-order valence-electron chi connectivity index (χ1n) is 9.26. The number of aromatic amines is 1. The number of nitrogens with zero attached hydrogens (tertiary/aromatic N) is 3. The molecule has 1 fully saturated rings. The molecule has 2 aliphatic rings. The highest BCUT2D eigenvalue weighted by Crippen LogP contribution is 2.30. The van der Waals surface area contributed by atoms with Crippen LogP contribution in [0.5, 0.6) is 0 Å². The van der Waals surface area contributed by atoms with E-state index in [9.17, 15) is 18.0 Å². The lowest BCUT2D eigenvalue weighted by molar-refractivity contribution is -0.134. The van der Waals surface area contributed by atoms with Crippen molar-refractivity contribution in [1.29, 1.82) is 0 Å². The van der Waals surface area contributed by atoms with Gasteiger partial charge in [-0.2, -0.15) is 4.31 Å². The number of piperidine rings is 1. The minimum atomic E-state index is -3.33. The number of hydrogen-bond donors (Lipinski definition) is 1. The number of nitrogens with one attached hydrogen (secondary N) is 1. The van der Waals surface area contributed by atoms with E-state index >= 15 is 0 Å². The van der Waals surface area contributed by atoms with Crippen LogP contribution in [0.15, 0.2) is 4.79 Å². The van der Waals surface area contributed by atoms with Gasteiger partial charge >= 0.3 is 0 Å². The number of likely N-dealkylation sites (tertiary alicyclic amines) is 1. The summed E-state index contributed by atoms with van der Waals surface area (Å²) in [5.74, 6) is 0.552. The third-order valence-electron chi connectivity index (χ3n) is 5.26. The van der Waals surface area contributed by atoms with Crippen molar-refractivity contribution >= 4 is 15.9 Å². The molecule has 144 valence electrons. The minimum absolute atomic E-state index is 0.0276. The number of rotatable bonds is 4. The van der Waals surface area contributed by atoms with Crippen LogP contribution in [0, 0.1) is 0 Å². The van der Waals surface area contributed by atoms with Gasteiger partial charge in [0, 0.05) is 25.1 Å². The molecular formula is C17H26N4O4S. The second-order valence-corrected chi connectivity index (χ2v) is 9.07. The standard InChI is InChI=1S/C17H26N4O4S/c1-3-15(22)21-9-6-5-7-14(21)16-18-13-11-20(26(24,25)4-2)10-8-12(13)17(23)19-16/h14H,3-11H2,1-2H3,(H,18,19,23)/t14-/m1/s1. The molecule has 1 aromatic rings. The Balaban J connectivity index is 1.96. The third kappa shape index (κ3) is 3.55. The van der Waals surface area contributed by atoms with Crippen LogP contribution in [0.2, 0.25) is 0 Å². The molecule has 8 nitrogen and oxygen atoms in total. The summed E-state index contributed by atoms with van der Waals surface area (Å²) < 4.78 is 25.7. The highest BCUT2D eigenvalue weighted by Gasteiger charge is 2.32. The van der Waals surface area contributed by atoms with E-state index in [-0.39, 0.29) is 29.8 Å². The van der Waals surface area contributed by atoms with Gasteiger partial charge in [-0.1, -0.05) is 6.92 Å². The molecule has 1 N–H and O–H groups in total. The number of carbonyl (C=O) groups is 1. The first-order valence-corrected chi connectivity index (χ1v) is 10.9. The van der Waals surface area contributed by atoms with Gasteiger partial charge in [-0.25, -0.2) is 13.4 Å². The fourth-order valence-corrected chi connectivity index (χ4v) is 4.78. The number of hydrogen-bond acceptors (Lipinski definition) is 5. The number of amides is 1. The van der Waals surface area contributed by atoms with E-state index in [2.05, 4.69) is 9.97 Å². The lowest BCUT2D eigenvalue weighted by Gasteiger charge is -2.35. The third-order valence-corrected chi connectivity index (χ3v) is 7.08. The molecule has 9 heteroatoms. The maximum absolute atomic E-state index is 12.5. The Kier molecular flexibility index (Phi) is 5.47. The maximum Gasteiger partial charge on any atom is 0.254 e. The van der Waals surface area contributed by atoms with E-state index in [1.54, 1.807) is 11.8 Å². The summed E-state index contributed by atoms with van der Waals surface area (Å²) in [6, 6.07) is -0.243. The van der Waals surface area contributed by atoms with Gasteiger partial charge in [-0.15, -0.1) is 0 Å². The molecule has 0 spiro atoms.